The van der Waals surface area contributed by atoms with E-state index in [4.69, 9.17) is 10.00 Å². The standard InChI is InChI=1S/C26H25NO2/c1-18(25(28)22-9-13-23(14-10-22)26(2,3)4)29-24-15-11-21(12-16-24)20-7-5-19(17-27)6-8-20/h5-16,18H,1-4H3/t18-/m0/s1. The van der Waals surface area contributed by atoms with Crippen LogP contribution in [0.1, 0.15) is 49.2 Å². The lowest BCUT2D eigenvalue weighted by atomic mass is 9.86. The van der Waals surface area contributed by atoms with Crippen LogP contribution in [-0.2, 0) is 5.41 Å². The van der Waals surface area contributed by atoms with Gasteiger partial charge in [-0.15, -0.1) is 0 Å². The van der Waals surface area contributed by atoms with E-state index in [1.54, 1.807) is 19.1 Å². The fraction of sp³-hybridized carbons (Fsp3) is 0.231. The van der Waals surface area contributed by atoms with Gasteiger partial charge in [-0.25, -0.2) is 0 Å². The average molecular weight is 383 g/mol. The molecule has 3 nitrogen and oxygen atoms in total. The van der Waals surface area contributed by atoms with E-state index >= 15 is 0 Å². The smallest absolute Gasteiger partial charge is 0.202 e. The highest BCUT2D eigenvalue weighted by molar-refractivity contribution is 5.99. The highest BCUT2D eigenvalue weighted by atomic mass is 16.5. The van der Waals surface area contributed by atoms with Crippen LogP contribution < -0.4 is 4.74 Å². The number of carbonyl (C=O) groups is 1. The van der Waals surface area contributed by atoms with Crippen molar-refractivity contribution in [3.63, 3.8) is 0 Å². The Morgan fingerprint density at radius 1 is 0.862 bits per heavy atom. The number of nitrogens with zero attached hydrogens (tertiary/aromatic N) is 1. The molecule has 0 saturated heterocycles. The number of Topliss-reactive ketones (excluding diaryl/α,β-unsaturated/α-hetero) is 1. The average Bonchev–Trinajstić information content (AvgIpc) is 2.73. The van der Waals surface area contributed by atoms with Gasteiger partial charge in [0.25, 0.3) is 0 Å². The summed E-state index contributed by atoms with van der Waals surface area (Å²) in [6.45, 7) is 8.22. The molecule has 1 atom stereocenters. The molecule has 0 unspecified atom stereocenters. The number of carbonyl (C=O) groups excluding carboxylic acids is 1. The summed E-state index contributed by atoms with van der Waals surface area (Å²) in [4.78, 5) is 12.7. The molecule has 0 bridgehead atoms. The second-order valence-corrected chi connectivity index (χ2v) is 8.17. The SMILES string of the molecule is C[C@H](Oc1ccc(-c2ccc(C#N)cc2)cc1)C(=O)c1ccc(C(C)(C)C)cc1. The first-order valence-electron chi connectivity index (χ1n) is 9.70. The lowest BCUT2D eigenvalue weighted by Crippen LogP contribution is -2.24. The molecule has 0 N–H and O–H groups in total. The first-order valence-corrected chi connectivity index (χ1v) is 9.70. The monoisotopic (exact) mass is 383 g/mol. The second-order valence-electron chi connectivity index (χ2n) is 8.17. The number of nitriles is 1. The molecule has 146 valence electrons. The van der Waals surface area contributed by atoms with Crippen molar-refractivity contribution < 1.29 is 9.53 Å². The number of hydrogen-bond donors (Lipinski definition) is 0. The van der Waals surface area contributed by atoms with Gasteiger partial charge in [0.2, 0.25) is 5.78 Å². The maximum atomic E-state index is 12.7. The van der Waals surface area contributed by atoms with Gasteiger partial charge < -0.3 is 4.74 Å². The first-order chi connectivity index (χ1) is 13.8. The number of ether oxygens (including phenoxy) is 1. The van der Waals surface area contributed by atoms with Crippen molar-refractivity contribution in [3.05, 3.63) is 89.5 Å². The number of hydrogen-bond acceptors (Lipinski definition) is 3. The summed E-state index contributed by atoms with van der Waals surface area (Å²) in [6.07, 6.45) is -0.573. The summed E-state index contributed by atoms with van der Waals surface area (Å²) in [7, 11) is 0. The van der Waals surface area contributed by atoms with Crippen LogP contribution in [0.25, 0.3) is 11.1 Å². The van der Waals surface area contributed by atoms with Gasteiger partial charge in [-0.2, -0.15) is 5.26 Å². The zero-order chi connectivity index (χ0) is 21.0. The van der Waals surface area contributed by atoms with Crippen LogP contribution in [0.3, 0.4) is 0 Å². The molecular weight excluding hydrogens is 358 g/mol. The van der Waals surface area contributed by atoms with E-state index in [0.717, 1.165) is 11.1 Å². The van der Waals surface area contributed by atoms with E-state index < -0.39 is 6.10 Å². The van der Waals surface area contributed by atoms with Crippen molar-refractivity contribution in [3.8, 4) is 22.9 Å². The Labute approximate surface area is 172 Å². The van der Waals surface area contributed by atoms with Crippen molar-refractivity contribution in [2.45, 2.75) is 39.2 Å². The second kappa shape index (κ2) is 8.32. The van der Waals surface area contributed by atoms with E-state index in [9.17, 15) is 4.79 Å². The predicted molar refractivity (Wildman–Crippen MR) is 116 cm³/mol. The van der Waals surface area contributed by atoms with Crippen LogP contribution in [-0.4, -0.2) is 11.9 Å². The molecule has 0 aliphatic heterocycles. The van der Waals surface area contributed by atoms with Crippen molar-refractivity contribution in [1.82, 2.24) is 0 Å². The quantitative estimate of drug-likeness (QED) is 0.495. The molecule has 3 aromatic carbocycles. The van der Waals surface area contributed by atoms with Crippen LogP contribution in [0.4, 0.5) is 0 Å². The van der Waals surface area contributed by atoms with Gasteiger partial charge in [0.15, 0.2) is 6.10 Å². The molecule has 3 rings (SSSR count). The van der Waals surface area contributed by atoms with Gasteiger partial charge in [-0.1, -0.05) is 69.3 Å². The topological polar surface area (TPSA) is 50.1 Å². The maximum absolute atomic E-state index is 12.7. The summed E-state index contributed by atoms with van der Waals surface area (Å²) in [6, 6.07) is 24.9. The zero-order valence-electron chi connectivity index (χ0n) is 17.3. The first kappa shape index (κ1) is 20.4. The van der Waals surface area contributed by atoms with Crippen molar-refractivity contribution >= 4 is 5.78 Å². The van der Waals surface area contributed by atoms with E-state index in [1.807, 2.05) is 60.7 Å². The van der Waals surface area contributed by atoms with Crippen molar-refractivity contribution in [2.75, 3.05) is 0 Å². The fourth-order valence-electron chi connectivity index (χ4n) is 3.09. The molecule has 0 heterocycles. The highest BCUT2D eigenvalue weighted by Gasteiger charge is 2.19. The predicted octanol–water partition coefficient (Wildman–Crippen LogP) is 6.17. The summed E-state index contributed by atoms with van der Waals surface area (Å²) < 4.78 is 5.86. The molecule has 0 amide bonds. The molecule has 0 spiro atoms. The summed E-state index contributed by atoms with van der Waals surface area (Å²) in [5.74, 6) is 0.608. The molecule has 0 radical (unpaired) electrons. The van der Waals surface area contributed by atoms with E-state index in [-0.39, 0.29) is 11.2 Å². The minimum atomic E-state index is -0.573. The third kappa shape index (κ3) is 4.92. The Morgan fingerprint density at radius 2 is 1.38 bits per heavy atom. The molecule has 3 heteroatoms. The van der Waals surface area contributed by atoms with E-state index in [2.05, 4.69) is 26.8 Å². The Bertz CT molecular complexity index is 1020. The lowest BCUT2D eigenvalue weighted by molar-refractivity contribution is 0.0818. The van der Waals surface area contributed by atoms with E-state index in [0.29, 0.717) is 16.9 Å². The number of rotatable bonds is 5. The highest BCUT2D eigenvalue weighted by Crippen LogP contribution is 2.25. The number of benzene rings is 3. The molecular formula is C26H25NO2. The fourth-order valence-corrected chi connectivity index (χ4v) is 3.09. The van der Waals surface area contributed by atoms with Crippen molar-refractivity contribution in [2.24, 2.45) is 0 Å². The summed E-state index contributed by atoms with van der Waals surface area (Å²) >= 11 is 0. The minimum absolute atomic E-state index is 0.0402. The number of ketones is 1. The third-order valence-electron chi connectivity index (χ3n) is 4.92. The Kier molecular flexibility index (Phi) is 5.84. The molecule has 0 aliphatic carbocycles. The zero-order valence-corrected chi connectivity index (χ0v) is 17.3. The molecule has 29 heavy (non-hydrogen) atoms. The van der Waals surface area contributed by atoms with Gasteiger partial charge in [-0.05, 0) is 53.3 Å². The minimum Gasteiger partial charge on any atom is -0.483 e. The maximum Gasteiger partial charge on any atom is 0.202 e. The Balaban J connectivity index is 1.67. The van der Waals surface area contributed by atoms with Crippen LogP contribution in [0.15, 0.2) is 72.8 Å². The third-order valence-corrected chi connectivity index (χ3v) is 4.92. The van der Waals surface area contributed by atoms with Gasteiger partial charge in [0.05, 0.1) is 11.6 Å². The normalized spacial score (nSPS) is 12.1. The summed E-state index contributed by atoms with van der Waals surface area (Å²) in [5.41, 5.74) is 4.59. The van der Waals surface area contributed by atoms with Crippen LogP contribution in [0.5, 0.6) is 5.75 Å². The van der Waals surface area contributed by atoms with Gasteiger partial charge >= 0.3 is 0 Å². The molecule has 0 aliphatic rings. The lowest BCUT2D eigenvalue weighted by Gasteiger charge is -2.19. The molecule has 0 fully saturated rings. The van der Waals surface area contributed by atoms with Crippen LogP contribution >= 0.6 is 0 Å². The Morgan fingerprint density at radius 3 is 1.86 bits per heavy atom. The molecule has 0 saturated carbocycles. The molecule has 3 aromatic rings. The van der Waals surface area contributed by atoms with Crippen LogP contribution in [0.2, 0.25) is 0 Å². The summed E-state index contributed by atoms with van der Waals surface area (Å²) in [5, 5.41) is 8.90. The Hall–Kier alpha value is -3.38. The van der Waals surface area contributed by atoms with Gasteiger partial charge in [0.1, 0.15) is 5.75 Å². The molecule has 0 aromatic heterocycles. The van der Waals surface area contributed by atoms with Gasteiger partial charge in [0, 0.05) is 5.56 Å². The largest absolute Gasteiger partial charge is 0.483 e. The van der Waals surface area contributed by atoms with Gasteiger partial charge in [-0.3, -0.25) is 4.79 Å². The van der Waals surface area contributed by atoms with Crippen LogP contribution in [0, 0.1) is 11.3 Å². The van der Waals surface area contributed by atoms with Crippen molar-refractivity contribution in [1.29, 1.82) is 5.26 Å². The van der Waals surface area contributed by atoms with E-state index in [1.165, 1.54) is 5.56 Å².